The molecule has 1 aliphatic rings. The van der Waals surface area contributed by atoms with Crippen LogP contribution in [-0.4, -0.2) is 48.5 Å². The van der Waals surface area contributed by atoms with Crippen molar-refractivity contribution < 1.29 is 4.79 Å². The van der Waals surface area contributed by atoms with Gasteiger partial charge in [0.05, 0.1) is 11.0 Å². The highest BCUT2D eigenvalue weighted by Gasteiger charge is 2.26. The number of hydrogen-bond acceptors (Lipinski definition) is 6. The maximum Gasteiger partial charge on any atom is 0.326 e. The third kappa shape index (κ3) is 2.53. The third-order valence-corrected chi connectivity index (χ3v) is 5.25. The SMILES string of the molecule is NC(=O)c1nc2ncnc(N3CCC(n4c(=O)[nH]c5ccccc54)CC3)c2[nH]1. The summed E-state index contributed by atoms with van der Waals surface area (Å²) in [6.45, 7) is 1.43. The largest absolute Gasteiger partial charge is 0.363 e. The van der Waals surface area contributed by atoms with E-state index >= 15 is 0 Å². The van der Waals surface area contributed by atoms with Gasteiger partial charge in [0, 0.05) is 19.1 Å². The van der Waals surface area contributed by atoms with Gasteiger partial charge in [-0.05, 0) is 25.0 Å². The lowest BCUT2D eigenvalue weighted by Crippen LogP contribution is -2.37. The highest BCUT2D eigenvalue weighted by Crippen LogP contribution is 2.29. The van der Waals surface area contributed by atoms with Crippen molar-refractivity contribution in [2.24, 2.45) is 5.73 Å². The van der Waals surface area contributed by atoms with Crippen molar-refractivity contribution in [1.82, 2.24) is 29.5 Å². The molecule has 1 aromatic carbocycles. The molecule has 0 spiro atoms. The number of H-pyrrole nitrogens is 2. The lowest BCUT2D eigenvalue weighted by Gasteiger charge is -2.33. The van der Waals surface area contributed by atoms with Gasteiger partial charge in [-0.1, -0.05) is 12.1 Å². The molecule has 4 N–H and O–H groups in total. The van der Waals surface area contributed by atoms with Gasteiger partial charge in [-0.2, -0.15) is 0 Å². The number of carbonyl (C=O) groups is 1. The molecule has 0 unspecified atom stereocenters. The lowest BCUT2D eigenvalue weighted by molar-refractivity contribution is 0.0991. The molecule has 1 fully saturated rings. The molecule has 3 aromatic heterocycles. The van der Waals surface area contributed by atoms with Crippen LogP contribution >= 0.6 is 0 Å². The van der Waals surface area contributed by atoms with Crippen LogP contribution in [0.4, 0.5) is 5.82 Å². The van der Waals surface area contributed by atoms with Crippen LogP contribution in [0.5, 0.6) is 0 Å². The van der Waals surface area contributed by atoms with Crippen molar-refractivity contribution >= 4 is 33.9 Å². The second-order valence-electron chi connectivity index (χ2n) is 6.88. The predicted molar refractivity (Wildman–Crippen MR) is 103 cm³/mol. The minimum absolute atomic E-state index is 0.0666. The summed E-state index contributed by atoms with van der Waals surface area (Å²) in [5.74, 6) is 0.119. The van der Waals surface area contributed by atoms with Crippen LogP contribution in [0.25, 0.3) is 22.2 Å². The number of fused-ring (bicyclic) bond motifs is 2. The first-order chi connectivity index (χ1) is 13.6. The lowest BCUT2D eigenvalue weighted by atomic mass is 10.0. The summed E-state index contributed by atoms with van der Waals surface area (Å²) in [5.41, 5.74) is 8.01. The molecule has 142 valence electrons. The average molecular weight is 378 g/mol. The number of primary amides is 1. The molecular weight excluding hydrogens is 360 g/mol. The van der Waals surface area contributed by atoms with E-state index in [-0.39, 0.29) is 17.6 Å². The number of piperidine rings is 1. The zero-order chi connectivity index (χ0) is 19.3. The Morgan fingerprint density at radius 1 is 1.14 bits per heavy atom. The van der Waals surface area contributed by atoms with Gasteiger partial charge in [0.2, 0.25) is 0 Å². The van der Waals surface area contributed by atoms with Crippen molar-refractivity contribution in [2.75, 3.05) is 18.0 Å². The molecule has 0 bridgehead atoms. The zero-order valence-corrected chi connectivity index (χ0v) is 14.9. The number of nitrogens with zero attached hydrogens (tertiary/aromatic N) is 5. The number of imidazole rings is 2. The van der Waals surface area contributed by atoms with Crippen LogP contribution in [0, 0.1) is 0 Å². The number of rotatable bonds is 3. The summed E-state index contributed by atoms with van der Waals surface area (Å²) in [6, 6.07) is 7.84. The van der Waals surface area contributed by atoms with E-state index in [4.69, 9.17) is 5.73 Å². The minimum atomic E-state index is -0.638. The molecule has 1 amide bonds. The number of benzene rings is 1. The Bertz CT molecular complexity index is 1250. The standard InChI is InChI=1S/C18H18N8O2/c19-14(27)16-23-13-15(24-16)20-9-21-17(13)25-7-5-10(6-8-25)26-12-4-2-1-3-11(12)22-18(26)28/h1-4,9-10H,5-8H2,(H2,19,27)(H,22,28)(H,20,21,23,24). The van der Waals surface area contributed by atoms with Crippen molar-refractivity contribution in [3.8, 4) is 0 Å². The molecule has 1 aliphatic heterocycles. The van der Waals surface area contributed by atoms with Crippen molar-refractivity contribution in [2.45, 2.75) is 18.9 Å². The van der Waals surface area contributed by atoms with E-state index in [9.17, 15) is 9.59 Å². The number of anilines is 1. The van der Waals surface area contributed by atoms with E-state index < -0.39 is 5.91 Å². The van der Waals surface area contributed by atoms with Gasteiger partial charge in [0.25, 0.3) is 5.91 Å². The molecule has 10 nitrogen and oxygen atoms in total. The first kappa shape index (κ1) is 16.5. The second kappa shape index (κ2) is 6.19. The number of carbonyl (C=O) groups excluding carboxylic acids is 1. The molecule has 0 aliphatic carbocycles. The third-order valence-electron chi connectivity index (χ3n) is 5.25. The highest BCUT2D eigenvalue weighted by atomic mass is 16.1. The molecule has 10 heteroatoms. The molecule has 0 saturated carbocycles. The summed E-state index contributed by atoms with van der Waals surface area (Å²) in [4.78, 5) is 44.4. The number of nitrogens with two attached hydrogens (primary N) is 1. The number of aromatic amines is 2. The molecule has 1 saturated heterocycles. The van der Waals surface area contributed by atoms with Gasteiger partial charge in [-0.15, -0.1) is 0 Å². The Morgan fingerprint density at radius 2 is 1.93 bits per heavy atom. The number of hydrogen-bond donors (Lipinski definition) is 3. The Morgan fingerprint density at radius 3 is 2.71 bits per heavy atom. The molecule has 0 atom stereocenters. The number of aromatic nitrogens is 6. The molecule has 4 aromatic rings. The quantitative estimate of drug-likeness (QED) is 0.485. The normalized spacial score (nSPS) is 15.5. The number of para-hydroxylation sites is 2. The smallest absolute Gasteiger partial charge is 0.326 e. The van der Waals surface area contributed by atoms with Gasteiger partial charge >= 0.3 is 5.69 Å². The average Bonchev–Trinajstić information content (AvgIpc) is 3.28. The summed E-state index contributed by atoms with van der Waals surface area (Å²) < 4.78 is 1.85. The zero-order valence-electron chi connectivity index (χ0n) is 14.9. The van der Waals surface area contributed by atoms with Gasteiger partial charge < -0.3 is 20.6 Å². The second-order valence-corrected chi connectivity index (χ2v) is 6.88. The van der Waals surface area contributed by atoms with Gasteiger partial charge in [0.1, 0.15) is 11.8 Å². The maximum atomic E-state index is 12.4. The molecule has 5 rings (SSSR count). The first-order valence-corrected chi connectivity index (χ1v) is 9.06. The molecule has 0 radical (unpaired) electrons. The van der Waals surface area contributed by atoms with Crippen LogP contribution in [0.3, 0.4) is 0 Å². The molecule has 4 heterocycles. The number of amides is 1. The first-order valence-electron chi connectivity index (χ1n) is 9.06. The van der Waals surface area contributed by atoms with Crippen LogP contribution in [0.15, 0.2) is 35.4 Å². The van der Waals surface area contributed by atoms with Gasteiger partial charge in [-0.3, -0.25) is 9.36 Å². The number of nitrogens with one attached hydrogen (secondary N) is 2. The summed E-state index contributed by atoms with van der Waals surface area (Å²) in [5, 5.41) is 0. The Balaban J connectivity index is 1.43. The van der Waals surface area contributed by atoms with Gasteiger partial charge in [-0.25, -0.2) is 19.7 Å². The fraction of sp³-hybridized carbons (Fsp3) is 0.278. The summed E-state index contributed by atoms with van der Waals surface area (Å²) in [6.07, 6.45) is 3.02. The van der Waals surface area contributed by atoms with E-state index in [1.807, 2.05) is 28.8 Å². The Kier molecular flexibility index (Phi) is 3.64. The van der Waals surface area contributed by atoms with Crippen LogP contribution in [0.2, 0.25) is 0 Å². The van der Waals surface area contributed by atoms with Crippen molar-refractivity contribution in [1.29, 1.82) is 0 Å². The summed E-state index contributed by atoms with van der Waals surface area (Å²) in [7, 11) is 0. The summed E-state index contributed by atoms with van der Waals surface area (Å²) >= 11 is 0. The fourth-order valence-electron chi connectivity index (χ4n) is 3.95. The predicted octanol–water partition coefficient (Wildman–Crippen LogP) is 0.936. The van der Waals surface area contributed by atoms with E-state index in [0.717, 1.165) is 23.9 Å². The minimum Gasteiger partial charge on any atom is -0.363 e. The highest BCUT2D eigenvalue weighted by molar-refractivity contribution is 5.94. The monoisotopic (exact) mass is 378 g/mol. The van der Waals surface area contributed by atoms with Crippen molar-refractivity contribution in [3.05, 3.63) is 46.9 Å². The van der Waals surface area contributed by atoms with E-state index in [0.29, 0.717) is 30.1 Å². The molecule has 28 heavy (non-hydrogen) atoms. The van der Waals surface area contributed by atoms with Crippen LogP contribution < -0.4 is 16.3 Å². The van der Waals surface area contributed by atoms with E-state index in [1.54, 1.807) is 0 Å². The topological polar surface area (TPSA) is 139 Å². The van der Waals surface area contributed by atoms with Gasteiger partial charge in [0.15, 0.2) is 17.3 Å². The van der Waals surface area contributed by atoms with Crippen molar-refractivity contribution in [3.63, 3.8) is 0 Å². The van der Waals surface area contributed by atoms with Crippen LogP contribution in [0.1, 0.15) is 29.5 Å². The van der Waals surface area contributed by atoms with E-state index in [1.165, 1.54) is 6.33 Å². The Labute approximate surface area is 158 Å². The Hall–Kier alpha value is -3.69. The van der Waals surface area contributed by atoms with Crippen LogP contribution in [-0.2, 0) is 0 Å². The fourth-order valence-corrected chi connectivity index (χ4v) is 3.95. The molecular formula is C18H18N8O2. The van der Waals surface area contributed by atoms with E-state index in [2.05, 4.69) is 29.8 Å². The maximum absolute atomic E-state index is 12.4.